The third-order valence-corrected chi connectivity index (χ3v) is 9.56. The van der Waals surface area contributed by atoms with Gasteiger partial charge in [0.05, 0.1) is 0 Å². The average Bonchev–Trinajstić information content (AvgIpc) is 2.88. The molecule has 7 atom stereocenters. The average molecular weight is 357 g/mol. The molecule has 0 saturated heterocycles. The van der Waals surface area contributed by atoms with E-state index in [0.717, 1.165) is 24.2 Å². The molecular formula is C22H35F3. The lowest BCUT2D eigenvalue weighted by molar-refractivity contribution is -0.143. The Morgan fingerprint density at radius 3 is 2.32 bits per heavy atom. The van der Waals surface area contributed by atoms with Gasteiger partial charge in [-0.3, -0.25) is 0 Å². The molecule has 0 aliphatic heterocycles. The molecule has 0 heterocycles. The summed E-state index contributed by atoms with van der Waals surface area (Å²) in [5.41, 5.74) is 0.719. The molecule has 7 unspecified atom stereocenters. The zero-order valence-corrected chi connectivity index (χ0v) is 16.0. The zero-order valence-electron chi connectivity index (χ0n) is 16.0. The maximum atomic E-state index is 12.8. The third-order valence-electron chi connectivity index (χ3n) is 9.56. The van der Waals surface area contributed by atoms with Crippen molar-refractivity contribution in [2.45, 2.75) is 97.1 Å². The first-order chi connectivity index (χ1) is 11.7. The summed E-state index contributed by atoms with van der Waals surface area (Å²) >= 11 is 0. The van der Waals surface area contributed by atoms with Gasteiger partial charge in [-0.2, -0.15) is 13.2 Å². The minimum absolute atomic E-state index is 0.185. The van der Waals surface area contributed by atoms with E-state index in [0.29, 0.717) is 23.7 Å². The Labute approximate surface area is 151 Å². The van der Waals surface area contributed by atoms with Crippen molar-refractivity contribution >= 4 is 0 Å². The van der Waals surface area contributed by atoms with Gasteiger partial charge in [0.1, 0.15) is 0 Å². The van der Waals surface area contributed by atoms with Gasteiger partial charge in [-0.25, -0.2) is 0 Å². The van der Waals surface area contributed by atoms with Crippen LogP contribution in [0.5, 0.6) is 0 Å². The van der Waals surface area contributed by atoms with E-state index in [2.05, 4.69) is 13.8 Å². The van der Waals surface area contributed by atoms with E-state index in [1.807, 2.05) is 0 Å². The molecule has 0 spiro atoms. The maximum absolute atomic E-state index is 12.8. The van der Waals surface area contributed by atoms with E-state index in [1.165, 1.54) is 57.8 Å². The van der Waals surface area contributed by atoms with Crippen LogP contribution >= 0.6 is 0 Å². The number of rotatable bonds is 2. The highest BCUT2D eigenvalue weighted by Gasteiger charge is 2.59. The SMILES string of the molecule is CC12CCCCC1CCC1C2CCC2(C)C(CCC(F)(F)F)CCC12. The van der Waals surface area contributed by atoms with Crippen LogP contribution in [0.15, 0.2) is 0 Å². The molecule has 0 radical (unpaired) electrons. The molecule has 0 amide bonds. The summed E-state index contributed by atoms with van der Waals surface area (Å²) in [7, 11) is 0. The molecule has 0 N–H and O–H groups in total. The van der Waals surface area contributed by atoms with Gasteiger partial charge in [0.15, 0.2) is 0 Å². The maximum Gasteiger partial charge on any atom is 0.389 e. The molecule has 4 aliphatic carbocycles. The second-order valence-corrected chi connectivity index (χ2v) is 10.4. The summed E-state index contributed by atoms with van der Waals surface area (Å²) in [4.78, 5) is 0. The summed E-state index contributed by atoms with van der Waals surface area (Å²) in [6, 6.07) is 0. The Balaban J connectivity index is 1.51. The van der Waals surface area contributed by atoms with Crippen molar-refractivity contribution in [2.75, 3.05) is 0 Å². The van der Waals surface area contributed by atoms with Crippen molar-refractivity contribution in [3.05, 3.63) is 0 Å². The molecule has 0 bridgehead atoms. The normalized spacial score (nSPS) is 50.0. The van der Waals surface area contributed by atoms with E-state index in [9.17, 15) is 13.2 Å². The highest BCUT2D eigenvalue weighted by molar-refractivity contribution is 5.08. The summed E-state index contributed by atoms with van der Waals surface area (Å²) in [6.45, 7) is 4.93. The van der Waals surface area contributed by atoms with Crippen LogP contribution in [0.2, 0.25) is 0 Å². The lowest BCUT2D eigenvalue weighted by Gasteiger charge is -2.60. The summed E-state index contributed by atoms with van der Waals surface area (Å²) in [5, 5.41) is 0. The highest BCUT2D eigenvalue weighted by Crippen LogP contribution is 2.68. The fourth-order valence-corrected chi connectivity index (χ4v) is 8.22. The zero-order chi connectivity index (χ0) is 17.9. The third kappa shape index (κ3) is 2.96. The van der Waals surface area contributed by atoms with Crippen LogP contribution in [0, 0.1) is 40.4 Å². The van der Waals surface area contributed by atoms with E-state index in [4.69, 9.17) is 0 Å². The fourth-order valence-electron chi connectivity index (χ4n) is 8.22. The molecule has 0 aromatic heterocycles. The first-order valence-electron chi connectivity index (χ1n) is 10.8. The van der Waals surface area contributed by atoms with Crippen LogP contribution in [0.4, 0.5) is 13.2 Å². The number of halogens is 3. The number of hydrogen-bond donors (Lipinski definition) is 0. The second kappa shape index (κ2) is 6.16. The summed E-state index contributed by atoms with van der Waals surface area (Å²) in [5.74, 6) is 3.58. The summed E-state index contributed by atoms with van der Waals surface area (Å²) in [6.07, 6.45) is 8.90. The fraction of sp³-hybridized carbons (Fsp3) is 1.00. The van der Waals surface area contributed by atoms with Gasteiger partial charge in [-0.15, -0.1) is 0 Å². The van der Waals surface area contributed by atoms with Gasteiger partial charge in [0, 0.05) is 6.42 Å². The Kier molecular flexibility index (Phi) is 4.48. The number of hydrogen-bond acceptors (Lipinski definition) is 0. The molecule has 3 heteroatoms. The van der Waals surface area contributed by atoms with Crippen molar-refractivity contribution in [1.82, 2.24) is 0 Å². The first-order valence-corrected chi connectivity index (χ1v) is 10.8. The van der Waals surface area contributed by atoms with Crippen LogP contribution in [0.3, 0.4) is 0 Å². The highest BCUT2D eigenvalue weighted by atomic mass is 19.4. The van der Waals surface area contributed by atoms with E-state index in [1.54, 1.807) is 0 Å². The molecule has 4 fully saturated rings. The largest absolute Gasteiger partial charge is 0.389 e. The van der Waals surface area contributed by atoms with Crippen LogP contribution in [0.1, 0.15) is 90.9 Å². The van der Waals surface area contributed by atoms with Crippen LogP contribution in [-0.2, 0) is 0 Å². The minimum Gasteiger partial charge on any atom is -0.171 e. The van der Waals surface area contributed by atoms with Crippen LogP contribution in [-0.4, -0.2) is 6.18 Å². The standard InChI is InChI=1S/C22H35F3/c1-20-12-4-3-5-15(20)6-8-17-18-9-7-16(10-14-22(23,24)25)21(18,2)13-11-19(17)20/h15-19H,3-14H2,1-2H3. The Hall–Kier alpha value is -0.210. The predicted octanol–water partition coefficient (Wildman–Crippen LogP) is 7.38. The number of fused-ring (bicyclic) bond motifs is 5. The Morgan fingerprint density at radius 2 is 1.56 bits per heavy atom. The van der Waals surface area contributed by atoms with Crippen molar-refractivity contribution in [3.8, 4) is 0 Å². The lowest BCUT2D eigenvalue weighted by Crippen LogP contribution is -2.52. The molecule has 0 nitrogen and oxygen atoms in total. The lowest BCUT2D eigenvalue weighted by atomic mass is 9.45. The Bertz CT molecular complexity index is 498. The van der Waals surface area contributed by atoms with E-state index in [-0.39, 0.29) is 5.41 Å². The van der Waals surface area contributed by atoms with Gasteiger partial charge in [0.25, 0.3) is 0 Å². The molecule has 4 rings (SSSR count). The molecule has 0 aromatic carbocycles. The van der Waals surface area contributed by atoms with Gasteiger partial charge in [0.2, 0.25) is 0 Å². The van der Waals surface area contributed by atoms with Gasteiger partial charge in [-0.1, -0.05) is 26.7 Å². The van der Waals surface area contributed by atoms with Gasteiger partial charge < -0.3 is 0 Å². The van der Waals surface area contributed by atoms with Gasteiger partial charge in [-0.05, 0) is 98.2 Å². The topological polar surface area (TPSA) is 0 Å². The van der Waals surface area contributed by atoms with Crippen LogP contribution < -0.4 is 0 Å². The molecular weight excluding hydrogens is 321 g/mol. The van der Waals surface area contributed by atoms with E-state index < -0.39 is 12.6 Å². The van der Waals surface area contributed by atoms with Crippen molar-refractivity contribution in [3.63, 3.8) is 0 Å². The van der Waals surface area contributed by atoms with Gasteiger partial charge >= 0.3 is 6.18 Å². The predicted molar refractivity (Wildman–Crippen MR) is 95.1 cm³/mol. The van der Waals surface area contributed by atoms with Crippen molar-refractivity contribution in [1.29, 1.82) is 0 Å². The minimum atomic E-state index is -3.99. The van der Waals surface area contributed by atoms with Crippen molar-refractivity contribution < 1.29 is 13.2 Å². The smallest absolute Gasteiger partial charge is 0.171 e. The van der Waals surface area contributed by atoms with Crippen LogP contribution in [0.25, 0.3) is 0 Å². The number of alkyl halides is 3. The molecule has 144 valence electrons. The summed E-state index contributed by atoms with van der Waals surface area (Å²) < 4.78 is 38.3. The van der Waals surface area contributed by atoms with Crippen molar-refractivity contribution in [2.24, 2.45) is 40.4 Å². The Morgan fingerprint density at radius 1 is 0.800 bits per heavy atom. The molecule has 4 aliphatic rings. The molecule has 25 heavy (non-hydrogen) atoms. The first kappa shape index (κ1) is 18.2. The van der Waals surface area contributed by atoms with E-state index >= 15 is 0 Å². The second-order valence-electron chi connectivity index (χ2n) is 10.4. The monoisotopic (exact) mass is 356 g/mol. The molecule has 4 saturated carbocycles. The molecule has 0 aromatic rings. The quantitative estimate of drug-likeness (QED) is 0.484.